The fourth-order valence-corrected chi connectivity index (χ4v) is 3.11. The molecule has 1 saturated carbocycles. The summed E-state index contributed by atoms with van der Waals surface area (Å²) in [5.74, 6) is -5.74. The molecule has 0 heterocycles. The van der Waals surface area contributed by atoms with Crippen LogP contribution in [0.25, 0.3) is 0 Å². The van der Waals surface area contributed by atoms with Crippen LogP contribution in [0.2, 0.25) is 0 Å². The Morgan fingerprint density at radius 2 is 1.76 bits per heavy atom. The molecule has 0 radical (unpaired) electrons. The number of hydrogen-bond donors (Lipinski definition) is 0. The molecule has 2 atom stereocenters. The van der Waals surface area contributed by atoms with Crippen molar-refractivity contribution >= 4 is 29.0 Å². The molecule has 132 valence electrons. The summed E-state index contributed by atoms with van der Waals surface area (Å²) in [6.07, 6.45) is -0.123. The van der Waals surface area contributed by atoms with E-state index in [4.69, 9.17) is 0 Å². The van der Waals surface area contributed by atoms with Gasteiger partial charge in [0, 0.05) is 24.1 Å². The van der Waals surface area contributed by atoms with Gasteiger partial charge in [-0.3, -0.25) is 29.3 Å². The van der Waals surface area contributed by atoms with Crippen molar-refractivity contribution in [2.24, 2.45) is 17.3 Å². The zero-order chi connectivity index (χ0) is 18.9. The summed E-state index contributed by atoms with van der Waals surface area (Å²) in [7, 11) is 1.13. The predicted molar refractivity (Wildman–Crippen MR) is 84.8 cm³/mol. The lowest BCUT2D eigenvalue weighted by Crippen LogP contribution is -2.52. The predicted octanol–water partition coefficient (Wildman–Crippen LogP) is 1.75. The molecule has 8 heteroatoms. The van der Waals surface area contributed by atoms with Gasteiger partial charge in [-0.05, 0) is 17.5 Å². The zero-order valence-electron chi connectivity index (χ0n) is 14.0. The number of non-ortho nitro benzene ring substituents is 1. The van der Waals surface area contributed by atoms with E-state index in [0.29, 0.717) is 0 Å². The van der Waals surface area contributed by atoms with Crippen LogP contribution in [0.1, 0.15) is 30.6 Å². The molecule has 25 heavy (non-hydrogen) atoms. The third-order valence-electron chi connectivity index (χ3n) is 4.36. The average Bonchev–Trinajstić information content (AvgIpc) is 2.53. The van der Waals surface area contributed by atoms with E-state index in [1.54, 1.807) is 13.8 Å². The Morgan fingerprint density at radius 1 is 1.20 bits per heavy atom. The van der Waals surface area contributed by atoms with Gasteiger partial charge < -0.3 is 4.74 Å². The van der Waals surface area contributed by atoms with Gasteiger partial charge in [0.1, 0.15) is 11.8 Å². The van der Waals surface area contributed by atoms with Gasteiger partial charge in [0.05, 0.1) is 12.0 Å². The summed E-state index contributed by atoms with van der Waals surface area (Å²) < 4.78 is 4.65. The molecule has 0 saturated heterocycles. The first kappa shape index (κ1) is 18.4. The highest BCUT2D eigenvalue weighted by Crippen LogP contribution is 2.40. The lowest BCUT2D eigenvalue weighted by atomic mass is 9.63. The number of nitrogens with zero attached hydrogens (tertiary/aromatic N) is 1. The van der Waals surface area contributed by atoms with Crippen molar-refractivity contribution in [1.29, 1.82) is 0 Å². The van der Waals surface area contributed by atoms with Crippen LogP contribution in [0.3, 0.4) is 0 Å². The minimum atomic E-state index is -1.60. The van der Waals surface area contributed by atoms with E-state index in [0.717, 1.165) is 19.2 Å². The van der Waals surface area contributed by atoms with Gasteiger partial charge in [0.15, 0.2) is 17.3 Å². The van der Waals surface area contributed by atoms with Crippen LogP contribution >= 0.6 is 0 Å². The minimum Gasteiger partial charge on any atom is -0.468 e. The van der Waals surface area contributed by atoms with E-state index in [9.17, 15) is 29.3 Å². The Morgan fingerprint density at radius 3 is 2.24 bits per heavy atom. The number of hydrogen-bond acceptors (Lipinski definition) is 7. The van der Waals surface area contributed by atoms with E-state index in [1.807, 2.05) is 0 Å². The molecule has 1 fully saturated rings. The van der Waals surface area contributed by atoms with Crippen LogP contribution in [-0.2, 0) is 19.1 Å². The molecule has 2 rings (SSSR count). The maximum atomic E-state index is 12.7. The molecular formula is C17H17NO7. The fourth-order valence-electron chi connectivity index (χ4n) is 3.11. The lowest BCUT2D eigenvalue weighted by Gasteiger charge is -2.37. The Balaban J connectivity index is 2.38. The van der Waals surface area contributed by atoms with Crippen molar-refractivity contribution in [3.63, 3.8) is 0 Å². The van der Waals surface area contributed by atoms with Crippen LogP contribution < -0.4 is 0 Å². The van der Waals surface area contributed by atoms with Crippen molar-refractivity contribution in [1.82, 2.24) is 0 Å². The van der Waals surface area contributed by atoms with E-state index < -0.39 is 45.5 Å². The van der Waals surface area contributed by atoms with Crippen molar-refractivity contribution < 1.29 is 28.8 Å². The maximum Gasteiger partial charge on any atom is 0.316 e. The molecule has 8 nitrogen and oxygen atoms in total. The SMILES string of the molecule is COC(=O)[C@@H]1C(=O)[C@@H](C(=O)c2ccc([N+](=O)[O-])cc2)C(=O)CC1(C)C. The number of nitro groups is 1. The Hall–Kier alpha value is -2.90. The smallest absolute Gasteiger partial charge is 0.316 e. The summed E-state index contributed by atoms with van der Waals surface area (Å²) >= 11 is 0. The molecule has 0 unspecified atom stereocenters. The van der Waals surface area contributed by atoms with Gasteiger partial charge >= 0.3 is 5.97 Å². The van der Waals surface area contributed by atoms with E-state index >= 15 is 0 Å². The van der Waals surface area contributed by atoms with Crippen LogP contribution in [0.5, 0.6) is 0 Å². The van der Waals surface area contributed by atoms with Crippen LogP contribution in [0.15, 0.2) is 24.3 Å². The summed E-state index contributed by atoms with van der Waals surface area (Å²) in [5, 5.41) is 10.7. The molecule has 0 spiro atoms. The van der Waals surface area contributed by atoms with Crippen molar-refractivity contribution in [3.05, 3.63) is 39.9 Å². The van der Waals surface area contributed by atoms with Gasteiger partial charge in [-0.1, -0.05) is 13.8 Å². The highest BCUT2D eigenvalue weighted by atomic mass is 16.6. The number of ketones is 3. The number of esters is 1. The largest absolute Gasteiger partial charge is 0.468 e. The maximum absolute atomic E-state index is 12.7. The topological polar surface area (TPSA) is 121 Å². The van der Waals surface area contributed by atoms with Gasteiger partial charge in [0.2, 0.25) is 0 Å². The number of carbonyl (C=O) groups is 4. The molecule has 0 aliphatic heterocycles. The fraction of sp³-hybridized carbons (Fsp3) is 0.412. The lowest BCUT2D eigenvalue weighted by molar-refractivity contribution is -0.384. The van der Waals surface area contributed by atoms with Gasteiger partial charge in [-0.15, -0.1) is 0 Å². The van der Waals surface area contributed by atoms with E-state index in [1.165, 1.54) is 12.1 Å². The number of rotatable bonds is 4. The van der Waals surface area contributed by atoms with Crippen molar-refractivity contribution in [3.8, 4) is 0 Å². The summed E-state index contributed by atoms with van der Waals surface area (Å²) in [6, 6.07) is 4.61. The third kappa shape index (κ3) is 3.33. The quantitative estimate of drug-likeness (QED) is 0.267. The van der Waals surface area contributed by atoms with Gasteiger partial charge in [-0.2, -0.15) is 0 Å². The Labute approximate surface area is 143 Å². The van der Waals surface area contributed by atoms with Gasteiger partial charge in [-0.25, -0.2) is 0 Å². The molecule has 0 aromatic heterocycles. The van der Waals surface area contributed by atoms with E-state index in [-0.39, 0.29) is 17.7 Å². The summed E-state index contributed by atoms with van der Waals surface area (Å²) in [4.78, 5) is 59.7. The third-order valence-corrected chi connectivity index (χ3v) is 4.36. The summed E-state index contributed by atoms with van der Waals surface area (Å²) in [5.41, 5.74) is -1.17. The number of ether oxygens (including phenoxy) is 1. The molecule has 1 aromatic rings. The van der Waals surface area contributed by atoms with Crippen molar-refractivity contribution in [2.75, 3.05) is 7.11 Å². The van der Waals surface area contributed by atoms with Gasteiger partial charge in [0.25, 0.3) is 5.69 Å². The molecule has 1 aliphatic carbocycles. The zero-order valence-corrected chi connectivity index (χ0v) is 14.0. The first-order valence-corrected chi connectivity index (χ1v) is 7.53. The summed E-state index contributed by atoms with van der Waals surface area (Å²) in [6.45, 7) is 3.19. The number of carbonyl (C=O) groups excluding carboxylic acids is 4. The monoisotopic (exact) mass is 347 g/mol. The highest BCUT2D eigenvalue weighted by molar-refractivity contribution is 6.28. The number of Topliss-reactive ketones (excluding diaryl/α,β-unsaturated/α-hetero) is 3. The number of benzene rings is 1. The molecular weight excluding hydrogens is 330 g/mol. The number of nitro benzene ring substituents is 1. The van der Waals surface area contributed by atoms with Crippen molar-refractivity contribution in [2.45, 2.75) is 20.3 Å². The van der Waals surface area contributed by atoms with Crippen LogP contribution in [0.4, 0.5) is 5.69 Å². The standard InChI is InChI=1S/C17H17NO7/c1-17(2)8-11(19)12(15(21)13(17)16(22)25-3)14(20)9-4-6-10(7-5-9)18(23)24/h4-7,12-13H,8H2,1-3H3/t12-,13+/m1/s1. The second-order valence-electron chi connectivity index (χ2n) is 6.59. The molecule has 0 amide bonds. The molecule has 0 N–H and O–H groups in total. The number of methoxy groups -OCH3 is 1. The first-order chi connectivity index (χ1) is 11.6. The highest BCUT2D eigenvalue weighted by Gasteiger charge is 2.54. The molecule has 1 aromatic carbocycles. The second-order valence-corrected chi connectivity index (χ2v) is 6.59. The van der Waals surface area contributed by atoms with E-state index in [2.05, 4.69) is 4.74 Å². The second kappa shape index (κ2) is 6.54. The molecule has 1 aliphatic rings. The van der Waals surface area contributed by atoms with Crippen LogP contribution in [0, 0.1) is 27.4 Å². The first-order valence-electron chi connectivity index (χ1n) is 7.53. The average molecular weight is 347 g/mol. The Kier molecular flexibility index (Phi) is 4.82. The Bertz CT molecular complexity index is 764. The minimum absolute atomic E-state index is 0.000576. The normalized spacial score (nSPS) is 22.4. The molecule has 0 bridgehead atoms. The van der Waals surface area contributed by atoms with Crippen LogP contribution in [-0.4, -0.2) is 35.4 Å².